The number of benzene rings is 2. The Morgan fingerprint density at radius 2 is 1.74 bits per heavy atom. The van der Waals surface area contributed by atoms with Crippen LogP contribution in [0.5, 0.6) is 11.5 Å². The third-order valence-electron chi connectivity index (χ3n) is 8.70. The molecule has 1 saturated heterocycles. The Morgan fingerprint density at radius 1 is 1.00 bits per heavy atom. The van der Waals surface area contributed by atoms with Crippen LogP contribution in [0.2, 0.25) is 0 Å². The SMILES string of the molecule is CCc1ccc(N2C(=O)[C@H]3[C@H](CC=C4[C@H](c5ccc(OC)c(O)c5)C5=C(C[C@H]43)C(=O)C=C(C)C5=O)C2=O)cc1. The number of phenols is 1. The Hall–Kier alpha value is -4.26. The first-order valence-corrected chi connectivity index (χ1v) is 13.3. The number of anilines is 1. The number of carbonyl (C=O) groups excluding carboxylic acids is 4. The Kier molecular flexibility index (Phi) is 5.90. The molecular weight excluding hydrogens is 494 g/mol. The summed E-state index contributed by atoms with van der Waals surface area (Å²) < 4.78 is 5.21. The maximum Gasteiger partial charge on any atom is 0.238 e. The van der Waals surface area contributed by atoms with Gasteiger partial charge in [-0.1, -0.05) is 36.8 Å². The van der Waals surface area contributed by atoms with Gasteiger partial charge in [0.2, 0.25) is 11.8 Å². The molecule has 0 saturated carbocycles. The van der Waals surface area contributed by atoms with Crippen molar-refractivity contribution in [2.45, 2.75) is 39.0 Å². The lowest BCUT2D eigenvalue weighted by Gasteiger charge is -2.42. The molecule has 4 atom stereocenters. The number of phenolic OH excluding ortho intramolecular Hbond substituents is 1. The van der Waals surface area contributed by atoms with Crippen LogP contribution >= 0.6 is 0 Å². The summed E-state index contributed by atoms with van der Waals surface area (Å²) >= 11 is 0. The van der Waals surface area contributed by atoms with Crippen molar-refractivity contribution < 1.29 is 29.0 Å². The highest BCUT2D eigenvalue weighted by Gasteiger charge is 2.56. The summed E-state index contributed by atoms with van der Waals surface area (Å²) in [6, 6.07) is 12.4. The van der Waals surface area contributed by atoms with Gasteiger partial charge in [0.25, 0.3) is 0 Å². The number of aryl methyl sites for hydroxylation is 1. The number of nitrogens with zero attached hydrogens (tertiary/aromatic N) is 1. The topological polar surface area (TPSA) is 101 Å². The highest BCUT2D eigenvalue weighted by Crippen LogP contribution is 2.55. The fourth-order valence-electron chi connectivity index (χ4n) is 6.76. The van der Waals surface area contributed by atoms with Crippen LogP contribution in [0.4, 0.5) is 5.69 Å². The van der Waals surface area contributed by atoms with Crippen molar-refractivity contribution in [2.24, 2.45) is 17.8 Å². The lowest BCUT2D eigenvalue weighted by Crippen LogP contribution is -2.39. The average molecular weight is 524 g/mol. The first kappa shape index (κ1) is 25.0. The minimum absolute atomic E-state index is 0.0794. The molecule has 1 heterocycles. The van der Waals surface area contributed by atoms with E-state index >= 15 is 0 Å². The maximum absolute atomic E-state index is 13.9. The van der Waals surface area contributed by atoms with Crippen LogP contribution in [0.25, 0.3) is 0 Å². The molecule has 3 aliphatic carbocycles. The van der Waals surface area contributed by atoms with Gasteiger partial charge in [-0.2, -0.15) is 0 Å². The molecule has 6 rings (SSSR count). The Bertz CT molecular complexity index is 1540. The van der Waals surface area contributed by atoms with E-state index in [0.29, 0.717) is 40.1 Å². The zero-order valence-corrected chi connectivity index (χ0v) is 22.1. The molecule has 1 aliphatic heterocycles. The average Bonchev–Trinajstić information content (AvgIpc) is 3.20. The van der Waals surface area contributed by atoms with Crippen molar-refractivity contribution in [2.75, 3.05) is 12.0 Å². The number of ketones is 2. The second kappa shape index (κ2) is 9.19. The van der Waals surface area contributed by atoms with Gasteiger partial charge < -0.3 is 9.84 Å². The van der Waals surface area contributed by atoms with Crippen molar-refractivity contribution in [3.8, 4) is 11.5 Å². The van der Waals surface area contributed by atoms with E-state index in [4.69, 9.17) is 4.74 Å². The number of hydrogen-bond donors (Lipinski definition) is 1. The number of carbonyl (C=O) groups is 4. The molecule has 0 aromatic heterocycles. The monoisotopic (exact) mass is 523 g/mol. The van der Waals surface area contributed by atoms with Crippen molar-refractivity contribution >= 4 is 29.1 Å². The van der Waals surface area contributed by atoms with Crippen LogP contribution in [-0.2, 0) is 25.6 Å². The van der Waals surface area contributed by atoms with E-state index in [0.717, 1.165) is 17.6 Å². The van der Waals surface area contributed by atoms with Crippen molar-refractivity contribution in [3.05, 3.63) is 88.0 Å². The molecular formula is C32H29NO6. The van der Waals surface area contributed by atoms with Gasteiger partial charge >= 0.3 is 0 Å². The van der Waals surface area contributed by atoms with Crippen LogP contribution in [0.1, 0.15) is 43.7 Å². The molecule has 7 nitrogen and oxygen atoms in total. The number of amides is 2. The van der Waals surface area contributed by atoms with Gasteiger partial charge in [0, 0.05) is 22.6 Å². The van der Waals surface area contributed by atoms with E-state index in [1.807, 2.05) is 37.3 Å². The molecule has 0 spiro atoms. The lowest BCUT2D eigenvalue weighted by atomic mass is 9.59. The Morgan fingerprint density at radius 3 is 2.41 bits per heavy atom. The van der Waals surface area contributed by atoms with Gasteiger partial charge in [0.1, 0.15) is 0 Å². The summed E-state index contributed by atoms with van der Waals surface area (Å²) in [5.41, 5.74) is 4.29. The van der Waals surface area contributed by atoms with Gasteiger partial charge in [0.15, 0.2) is 23.1 Å². The van der Waals surface area contributed by atoms with E-state index < -0.39 is 23.7 Å². The van der Waals surface area contributed by atoms with E-state index in [1.54, 1.807) is 25.1 Å². The van der Waals surface area contributed by atoms with Crippen molar-refractivity contribution in [3.63, 3.8) is 0 Å². The smallest absolute Gasteiger partial charge is 0.238 e. The number of methoxy groups -OCH3 is 1. The summed E-state index contributed by atoms with van der Waals surface area (Å²) in [4.78, 5) is 55.5. The molecule has 0 unspecified atom stereocenters. The standard InChI is InChI=1S/C32H29NO6/c1-4-17-5-8-19(9-6-17)33-31(37)21-11-10-20-22(28(21)32(33)38)15-23-24(34)13-16(2)30(36)29(23)27(20)18-7-12-26(39-3)25(35)14-18/h5-10,12-14,21-22,27-28,35H,4,11,15H2,1-3H3/t21-,22+,27-,28-/m0/s1. The molecule has 0 bridgehead atoms. The second-order valence-electron chi connectivity index (χ2n) is 10.7. The number of imide groups is 1. The van der Waals surface area contributed by atoms with Crippen molar-refractivity contribution in [1.29, 1.82) is 0 Å². The quantitative estimate of drug-likeness (QED) is 0.357. The van der Waals surface area contributed by atoms with Crippen LogP contribution in [0, 0.1) is 17.8 Å². The highest BCUT2D eigenvalue weighted by atomic mass is 16.5. The zero-order chi connectivity index (χ0) is 27.6. The summed E-state index contributed by atoms with van der Waals surface area (Å²) in [6.07, 6.45) is 4.77. The molecule has 1 N–H and O–H groups in total. The summed E-state index contributed by atoms with van der Waals surface area (Å²) in [6.45, 7) is 3.67. The predicted octanol–water partition coefficient (Wildman–Crippen LogP) is 4.60. The van der Waals surface area contributed by atoms with E-state index in [1.165, 1.54) is 18.1 Å². The van der Waals surface area contributed by atoms with Gasteiger partial charge in [-0.25, -0.2) is 0 Å². The van der Waals surface area contributed by atoms with Gasteiger partial charge in [-0.15, -0.1) is 0 Å². The summed E-state index contributed by atoms with van der Waals surface area (Å²) in [5.74, 6) is -2.94. The van der Waals surface area contributed by atoms with Gasteiger partial charge in [-0.3, -0.25) is 24.1 Å². The number of fused-ring (bicyclic) bond motifs is 3. The second-order valence-corrected chi connectivity index (χ2v) is 10.7. The maximum atomic E-state index is 13.9. The molecule has 2 aromatic carbocycles. The van der Waals surface area contributed by atoms with Gasteiger partial charge in [-0.05, 0) is 73.6 Å². The number of Topliss-reactive ketones (excluding diaryl/α,β-unsaturated/α-hetero) is 1. The third-order valence-corrected chi connectivity index (χ3v) is 8.70. The summed E-state index contributed by atoms with van der Waals surface area (Å²) in [5, 5.41) is 10.6. The zero-order valence-electron chi connectivity index (χ0n) is 22.1. The van der Waals surface area contributed by atoms with E-state index in [9.17, 15) is 24.3 Å². The van der Waals surface area contributed by atoms with Crippen LogP contribution in [0.15, 0.2) is 76.9 Å². The number of ether oxygens (including phenoxy) is 1. The van der Waals surface area contributed by atoms with Gasteiger partial charge in [0.05, 0.1) is 24.6 Å². The molecule has 39 heavy (non-hydrogen) atoms. The molecule has 0 radical (unpaired) electrons. The Balaban J connectivity index is 1.46. The predicted molar refractivity (Wildman–Crippen MR) is 144 cm³/mol. The molecule has 2 amide bonds. The molecule has 7 heteroatoms. The Labute approximate surface area is 226 Å². The fourth-order valence-corrected chi connectivity index (χ4v) is 6.76. The van der Waals surface area contributed by atoms with E-state index in [2.05, 4.69) is 0 Å². The van der Waals surface area contributed by atoms with E-state index in [-0.39, 0.29) is 35.6 Å². The van der Waals surface area contributed by atoms with Crippen LogP contribution in [0.3, 0.4) is 0 Å². The molecule has 2 aromatic rings. The fraction of sp³-hybridized carbons (Fsp3) is 0.312. The molecule has 1 fully saturated rings. The molecule has 198 valence electrons. The minimum atomic E-state index is -0.637. The number of hydrogen-bond acceptors (Lipinski definition) is 6. The number of rotatable bonds is 4. The van der Waals surface area contributed by atoms with Crippen LogP contribution < -0.4 is 9.64 Å². The first-order chi connectivity index (χ1) is 18.7. The third kappa shape index (κ3) is 3.71. The highest BCUT2D eigenvalue weighted by molar-refractivity contribution is 6.25. The van der Waals surface area contributed by atoms with Crippen LogP contribution in [-0.4, -0.2) is 35.6 Å². The lowest BCUT2D eigenvalue weighted by molar-refractivity contribution is -0.123. The molecule has 4 aliphatic rings. The van der Waals surface area contributed by atoms with Crippen molar-refractivity contribution in [1.82, 2.24) is 0 Å². The number of aromatic hydroxyl groups is 1. The summed E-state index contributed by atoms with van der Waals surface area (Å²) in [7, 11) is 1.46. The first-order valence-electron chi connectivity index (χ1n) is 13.3. The normalized spacial score (nSPS) is 26.2. The largest absolute Gasteiger partial charge is 0.504 e. The number of allylic oxidation sites excluding steroid dienone is 6. The minimum Gasteiger partial charge on any atom is -0.504 e.